The molecule has 1 aromatic carbocycles. The molecule has 0 bridgehead atoms. The second-order valence-corrected chi connectivity index (χ2v) is 7.54. The normalized spacial score (nSPS) is 15.2. The summed E-state index contributed by atoms with van der Waals surface area (Å²) in [5.74, 6) is -0.301. The highest BCUT2D eigenvalue weighted by Gasteiger charge is 2.21. The Morgan fingerprint density at radius 1 is 1.19 bits per heavy atom. The Hall–Kier alpha value is -2.51. The van der Waals surface area contributed by atoms with Crippen LogP contribution in [0.15, 0.2) is 41.8 Å². The standard InChI is InChI=1S/C20H24N4O2S/c1-16-22-18(15-27-16)14-23-9-11-24(12-10-23)20(26)13-21-19(25)8-7-17-5-3-2-4-6-17/h2-8,15H,9-14H2,1H3,(H,21,25)/b8-7+. The molecule has 1 N–H and O–H groups in total. The largest absolute Gasteiger partial charge is 0.343 e. The third-order valence-corrected chi connectivity index (χ3v) is 5.24. The molecule has 6 nitrogen and oxygen atoms in total. The fourth-order valence-electron chi connectivity index (χ4n) is 2.93. The van der Waals surface area contributed by atoms with Crippen molar-refractivity contribution in [1.29, 1.82) is 0 Å². The molecule has 7 heteroatoms. The molecule has 142 valence electrons. The topological polar surface area (TPSA) is 65.5 Å². The van der Waals surface area contributed by atoms with E-state index in [1.54, 1.807) is 17.4 Å². The van der Waals surface area contributed by atoms with Crippen molar-refractivity contribution in [3.63, 3.8) is 0 Å². The zero-order valence-corrected chi connectivity index (χ0v) is 16.2. The van der Waals surface area contributed by atoms with Gasteiger partial charge in [-0.2, -0.15) is 0 Å². The van der Waals surface area contributed by atoms with E-state index in [1.165, 1.54) is 6.08 Å². The van der Waals surface area contributed by atoms with Crippen LogP contribution < -0.4 is 5.32 Å². The first-order chi connectivity index (χ1) is 13.1. The van der Waals surface area contributed by atoms with Gasteiger partial charge in [-0.05, 0) is 18.6 Å². The maximum Gasteiger partial charge on any atom is 0.244 e. The molecule has 0 atom stereocenters. The zero-order chi connectivity index (χ0) is 19.1. The highest BCUT2D eigenvalue weighted by atomic mass is 32.1. The predicted molar refractivity (Wildman–Crippen MR) is 107 cm³/mol. The predicted octanol–water partition coefficient (Wildman–Crippen LogP) is 1.93. The van der Waals surface area contributed by atoms with E-state index in [0.29, 0.717) is 13.1 Å². The quantitative estimate of drug-likeness (QED) is 0.773. The van der Waals surface area contributed by atoms with E-state index in [9.17, 15) is 9.59 Å². The number of aromatic nitrogens is 1. The van der Waals surface area contributed by atoms with Crippen molar-refractivity contribution in [1.82, 2.24) is 20.1 Å². The van der Waals surface area contributed by atoms with Crippen molar-refractivity contribution in [2.45, 2.75) is 13.5 Å². The highest BCUT2D eigenvalue weighted by molar-refractivity contribution is 7.09. The van der Waals surface area contributed by atoms with Crippen LogP contribution in [0, 0.1) is 6.92 Å². The van der Waals surface area contributed by atoms with Crippen LogP contribution in [0.5, 0.6) is 0 Å². The molecule has 0 unspecified atom stereocenters. The summed E-state index contributed by atoms with van der Waals surface area (Å²) in [5.41, 5.74) is 2.04. The number of rotatable bonds is 6. The Morgan fingerprint density at radius 2 is 1.93 bits per heavy atom. The zero-order valence-electron chi connectivity index (χ0n) is 15.4. The van der Waals surface area contributed by atoms with Gasteiger partial charge in [0.2, 0.25) is 11.8 Å². The van der Waals surface area contributed by atoms with Gasteiger partial charge in [-0.15, -0.1) is 11.3 Å². The average Bonchev–Trinajstić information content (AvgIpc) is 3.10. The Morgan fingerprint density at radius 3 is 2.59 bits per heavy atom. The van der Waals surface area contributed by atoms with Gasteiger partial charge in [0.05, 0.1) is 17.2 Å². The number of piperazine rings is 1. The summed E-state index contributed by atoms with van der Waals surface area (Å²) in [6.45, 7) is 5.87. The van der Waals surface area contributed by atoms with Gasteiger partial charge < -0.3 is 10.2 Å². The summed E-state index contributed by atoms with van der Waals surface area (Å²) in [4.78, 5) is 32.8. The van der Waals surface area contributed by atoms with Gasteiger partial charge in [0.25, 0.3) is 0 Å². The first-order valence-corrected chi connectivity index (χ1v) is 9.90. The van der Waals surface area contributed by atoms with Crippen LogP contribution in [0.3, 0.4) is 0 Å². The van der Waals surface area contributed by atoms with Crippen molar-refractivity contribution < 1.29 is 9.59 Å². The smallest absolute Gasteiger partial charge is 0.244 e. The molecule has 27 heavy (non-hydrogen) atoms. The monoisotopic (exact) mass is 384 g/mol. The van der Waals surface area contributed by atoms with Gasteiger partial charge in [-0.1, -0.05) is 30.3 Å². The number of amides is 2. The maximum absolute atomic E-state index is 12.3. The fraction of sp³-hybridized carbons (Fsp3) is 0.350. The molecular formula is C20H24N4O2S. The van der Waals surface area contributed by atoms with Gasteiger partial charge in [-0.3, -0.25) is 14.5 Å². The molecule has 0 saturated carbocycles. The molecule has 0 radical (unpaired) electrons. The van der Waals surface area contributed by atoms with Crippen LogP contribution in [-0.4, -0.2) is 59.3 Å². The molecule has 2 amide bonds. The van der Waals surface area contributed by atoms with Gasteiger partial charge in [0, 0.05) is 44.2 Å². The van der Waals surface area contributed by atoms with Crippen LogP contribution in [0.4, 0.5) is 0 Å². The minimum absolute atomic E-state index is 0.0310. The average molecular weight is 385 g/mol. The maximum atomic E-state index is 12.3. The summed E-state index contributed by atoms with van der Waals surface area (Å²) in [6.07, 6.45) is 3.19. The Balaban J connectivity index is 1.38. The molecule has 3 rings (SSSR count). The second-order valence-electron chi connectivity index (χ2n) is 6.48. The molecular weight excluding hydrogens is 360 g/mol. The van der Waals surface area contributed by atoms with E-state index in [2.05, 4.69) is 20.6 Å². The molecule has 0 aliphatic carbocycles. The number of carbonyl (C=O) groups is 2. The van der Waals surface area contributed by atoms with Gasteiger partial charge in [0.1, 0.15) is 0 Å². The summed E-state index contributed by atoms with van der Waals surface area (Å²) in [7, 11) is 0. The first-order valence-electron chi connectivity index (χ1n) is 9.02. The third-order valence-electron chi connectivity index (χ3n) is 4.42. The molecule has 2 heterocycles. The molecule has 1 aliphatic rings. The lowest BCUT2D eigenvalue weighted by Gasteiger charge is -2.34. The number of nitrogens with one attached hydrogen (secondary N) is 1. The van der Waals surface area contributed by atoms with Crippen LogP contribution in [-0.2, 0) is 16.1 Å². The van der Waals surface area contributed by atoms with E-state index in [0.717, 1.165) is 35.9 Å². The molecule has 1 saturated heterocycles. The van der Waals surface area contributed by atoms with Crippen LogP contribution in [0.1, 0.15) is 16.3 Å². The molecule has 0 spiro atoms. The molecule has 1 fully saturated rings. The van der Waals surface area contributed by atoms with Crippen molar-refractivity contribution in [3.8, 4) is 0 Å². The van der Waals surface area contributed by atoms with Crippen molar-refractivity contribution >= 4 is 29.2 Å². The van der Waals surface area contributed by atoms with E-state index in [-0.39, 0.29) is 18.4 Å². The SMILES string of the molecule is Cc1nc(CN2CCN(C(=O)CNC(=O)/C=C/c3ccccc3)CC2)cs1. The van der Waals surface area contributed by atoms with E-state index in [1.807, 2.05) is 42.2 Å². The minimum Gasteiger partial charge on any atom is -0.343 e. The van der Waals surface area contributed by atoms with E-state index >= 15 is 0 Å². The van der Waals surface area contributed by atoms with Crippen molar-refractivity contribution in [2.75, 3.05) is 32.7 Å². The Bertz CT molecular complexity index is 795. The van der Waals surface area contributed by atoms with Gasteiger partial charge >= 0.3 is 0 Å². The van der Waals surface area contributed by atoms with E-state index in [4.69, 9.17) is 0 Å². The molecule has 1 aromatic heterocycles. The van der Waals surface area contributed by atoms with Crippen LogP contribution >= 0.6 is 11.3 Å². The second kappa shape index (κ2) is 9.43. The number of thiazole rings is 1. The number of aryl methyl sites for hydroxylation is 1. The number of hydrogen-bond donors (Lipinski definition) is 1. The van der Waals surface area contributed by atoms with E-state index < -0.39 is 0 Å². The minimum atomic E-state index is -0.259. The lowest BCUT2D eigenvalue weighted by molar-refractivity contribution is -0.133. The lowest BCUT2D eigenvalue weighted by atomic mass is 10.2. The summed E-state index contributed by atoms with van der Waals surface area (Å²) < 4.78 is 0. The summed E-state index contributed by atoms with van der Waals surface area (Å²) >= 11 is 1.66. The Labute approximate surface area is 163 Å². The van der Waals surface area contributed by atoms with Gasteiger partial charge in [-0.25, -0.2) is 4.98 Å². The highest BCUT2D eigenvalue weighted by Crippen LogP contribution is 2.12. The molecule has 1 aliphatic heterocycles. The summed E-state index contributed by atoms with van der Waals surface area (Å²) in [6, 6.07) is 9.59. The fourth-order valence-corrected chi connectivity index (χ4v) is 3.54. The third kappa shape index (κ3) is 6.01. The number of nitrogens with zero attached hydrogens (tertiary/aromatic N) is 3. The number of benzene rings is 1. The Kier molecular flexibility index (Phi) is 6.73. The number of carbonyl (C=O) groups excluding carboxylic acids is 2. The van der Waals surface area contributed by atoms with Crippen molar-refractivity contribution in [3.05, 3.63) is 58.1 Å². The molecule has 2 aromatic rings. The van der Waals surface area contributed by atoms with Crippen molar-refractivity contribution in [2.24, 2.45) is 0 Å². The lowest BCUT2D eigenvalue weighted by Crippen LogP contribution is -2.50. The van der Waals surface area contributed by atoms with Crippen LogP contribution in [0.2, 0.25) is 0 Å². The van der Waals surface area contributed by atoms with Gasteiger partial charge in [0.15, 0.2) is 0 Å². The number of hydrogen-bond acceptors (Lipinski definition) is 5. The summed E-state index contributed by atoms with van der Waals surface area (Å²) in [5, 5.41) is 5.83. The first kappa shape index (κ1) is 19.3. The van der Waals surface area contributed by atoms with Crippen LogP contribution in [0.25, 0.3) is 6.08 Å².